The van der Waals surface area contributed by atoms with E-state index >= 15 is 0 Å². The molecule has 0 aromatic heterocycles. The zero-order chi connectivity index (χ0) is 22.0. The summed E-state index contributed by atoms with van der Waals surface area (Å²) in [6.45, 7) is 1.04. The molecule has 31 heavy (non-hydrogen) atoms. The largest absolute Gasteiger partial charge is 0.326 e. The molecule has 2 aromatic rings. The number of aryl methyl sites for hydroxylation is 1. The van der Waals surface area contributed by atoms with Crippen molar-refractivity contribution in [2.75, 3.05) is 17.2 Å². The van der Waals surface area contributed by atoms with Gasteiger partial charge in [0.15, 0.2) is 0 Å². The van der Waals surface area contributed by atoms with Crippen LogP contribution >= 0.6 is 0 Å². The van der Waals surface area contributed by atoms with Gasteiger partial charge < -0.3 is 16.0 Å². The number of benzene rings is 2. The van der Waals surface area contributed by atoms with Gasteiger partial charge in [0.1, 0.15) is 12.1 Å². The molecule has 1 unspecified atom stereocenters. The molecule has 160 valence electrons. The van der Waals surface area contributed by atoms with Gasteiger partial charge in [0.25, 0.3) is 5.91 Å². The molecule has 0 bridgehead atoms. The van der Waals surface area contributed by atoms with E-state index in [1.807, 2.05) is 24.3 Å². The number of anilines is 2. The van der Waals surface area contributed by atoms with Crippen molar-refractivity contribution in [3.63, 3.8) is 0 Å². The first-order valence-electron chi connectivity index (χ1n) is 10.3. The lowest BCUT2D eigenvalue weighted by Gasteiger charge is -2.27. The van der Waals surface area contributed by atoms with Crippen molar-refractivity contribution in [3.05, 3.63) is 59.7 Å². The Morgan fingerprint density at radius 1 is 1.00 bits per heavy atom. The van der Waals surface area contributed by atoms with Crippen LogP contribution in [0, 0.1) is 0 Å². The fourth-order valence-corrected chi connectivity index (χ4v) is 4.30. The van der Waals surface area contributed by atoms with Crippen LogP contribution in [-0.4, -0.2) is 35.2 Å². The van der Waals surface area contributed by atoms with E-state index in [-0.39, 0.29) is 18.4 Å². The second-order valence-corrected chi connectivity index (χ2v) is 7.90. The second-order valence-electron chi connectivity index (χ2n) is 7.90. The highest BCUT2D eigenvalue weighted by atomic mass is 16.2. The Morgan fingerprint density at radius 2 is 1.68 bits per heavy atom. The van der Waals surface area contributed by atoms with Gasteiger partial charge in [0, 0.05) is 18.3 Å². The van der Waals surface area contributed by atoms with Crippen molar-refractivity contribution >= 4 is 35.1 Å². The zero-order valence-corrected chi connectivity index (χ0v) is 17.2. The maximum Gasteiger partial charge on any atom is 0.325 e. The highest BCUT2D eigenvalue weighted by molar-refractivity contribution is 6.10. The summed E-state index contributed by atoms with van der Waals surface area (Å²) in [5.41, 5.74) is 1.88. The maximum atomic E-state index is 13.4. The number of nitrogens with zero attached hydrogens (tertiary/aromatic N) is 1. The third-order valence-electron chi connectivity index (χ3n) is 5.69. The molecule has 2 aliphatic rings. The SMILES string of the molecule is CC(=O)Nc1ccc(NC(=O)CN2C(=O)NC3(CCCCc4ccccc43)C2=O)cc1. The fourth-order valence-electron chi connectivity index (χ4n) is 4.30. The van der Waals surface area contributed by atoms with Crippen molar-refractivity contribution in [1.82, 2.24) is 10.2 Å². The lowest BCUT2D eigenvalue weighted by molar-refractivity contribution is -0.134. The van der Waals surface area contributed by atoms with Crippen LogP contribution in [0.15, 0.2) is 48.5 Å². The van der Waals surface area contributed by atoms with Crippen LogP contribution in [0.5, 0.6) is 0 Å². The van der Waals surface area contributed by atoms with Crippen molar-refractivity contribution in [2.24, 2.45) is 0 Å². The van der Waals surface area contributed by atoms with Gasteiger partial charge in [-0.05, 0) is 61.1 Å². The molecular weight excluding hydrogens is 396 g/mol. The van der Waals surface area contributed by atoms with E-state index in [1.54, 1.807) is 24.3 Å². The molecule has 0 saturated carbocycles. The van der Waals surface area contributed by atoms with E-state index in [0.29, 0.717) is 17.8 Å². The van der Waals surface area contributed by atoms with Gasteiger partial charge in [-0.15, -0.1) is 0 Å². The van der Waals surface area contributed by atoms with Crippen LogP contribution in [0.2, 0.25) is 0 Å². The Morgan fingerprint density at radius 3 is 2.39 bits per heavy atom. The van der Waals surface area contributed by atoms with Crippen LogP contribution in [0.25, 0.3) is 0 Å². The van der Waals surface area contributed by atoms with Gasteiger partial charge >= 0.3 is 6.03 Å². The monoisotopic (exact) mass is 420 g/mol. The number of hydrogen-bond acceptors (Lipinski definition) is 4. The number of hydrogen-bond donors (Lipinski definition) is 3. The van der Waals surface area contributed by atoms with Gasteiger partial charge in [-0.3, -0.25) is 19.3 Å². The summed E-state index contributed by atoms with van der Waals surface area (Å²) in [5, 5.41) is 8.21. The Bertz CT molecular complexity index is 1050. The summed E-state index contributed by atoms with van der Waals surface area (Å²) in [5.74, 6) is -1.05. The molecule has 1 spiro atoms. The number of imide groups is 1. The molecule has 1 fully saturated rings. The van der Waals surface area contributed by atoms with E-state index in [4.69, 9.17) is 0 Å². The zero-order valence-electron chi connectivity index (χ0n) is 17.2. The Hall–Kier alpha value is -3.68. The number of carbonyl (C=O) groups is 4. The van der Waals surface area contributed by atoms with Crippen LogP contribution in [0.4, 0.5) is 16.2 Å². The number of carbonyl (C=O) groups excluding carboxylic acids is 4. The van der Waals surface area contributed by atoms with Gasteiger partial charge in [-0.1, -0.05) is 24.3 Å². The molecule has 3 N–H and O–H groups in total. The Labute approximate surface area is 180 Å². The quantitative estimate of drug-likeness (QED) is 0.661. The maximum absolute atomic E-state index is 13.4. The minimum absolute atomic E-state index is 0.190. The minimum atomic E-state index is -1.11. The third kappa shape index (κ3) is 4.01. The molecule has 1 aliphatic heterocycles. The van der Waals surface area contributed by atoms with Gasteiger partial charge in [-0.2, -0.15) is 0 Å². The molecule has 4 rings (SSSR count). The second kappa shape index (κ2) is 8.22. The van der Waals surface area contributed by atoms with Crippen molar-refractivity contribution < 1.29 is 19.2 Å². The normalized spacial score (nSPS) is 20.1. The molecule has 1 heterocycles. The summed E-state index contributed by atoms with van der Waals surface area (Å²) >= 11 is 0. The number of amides is 5. The number of nitrogens with one attached hydrogen (secondary N) is 3. The summed E-state index contributed by atoms with van der Waals surface area (Å²) in [6, 6.07) is 13.7. The lowest BCUT2D eigenvalue weighted by Crippen LogP contribution is -2.44. The molecule has 1 atom stereocenters. The molecule has 8 nitrogen and oxygen atoms in total. The average Bonchev–Trinajstić information content (AvgIpc) is 2.88. The van der Waals surface area contributed by atoms with E-state index < -0.39 is 17.5 Å². The predicted octanol–water partition coefficient (Wildman–Crippen LogP) is 2.76. The summed E-state index contributed by atoms with van der Waals surface area (Å²) in [4.78, 5) is 50.7. The van der Waals surface area contributed by atoms with Crippen LogP contribution in [-0.2, 0) is 26.3 Å². The van der Waals surface area contributed by atoms with E-state index in [1.165, 1.54) is 6.92 Å². The molecule has 5 amide bonds. The molecule has 2 aromatic carbocycles. The first-order chi connectivity index (χ1) is 14.9. The highest BCUT2D eigenvalue weighted by Crippen LogP contribution is 2.38. The summed E-state index contributed by atoms with van der Waals surface area (Å²) in [6.07, 6.45) is 3.12. The molecule has 0 radical (unpaired) electrons. The van der Waals surface area contributed by atoms with Gasteiger partial charge in [0.2, 0.25) is 11.8 Å². The predicted molar refractivity (Wildman–Crippen MR) is 115 cm³/mol. The minimum Gasteiger partial charge on any atom is -0.326 e. The highest BCUT2D eigenvalue weighted by Gasteiger charge is 2.53. The van der Waals surface area contributed by atoms with E-state index in [2.05, 4.69) is 16.0 Å². The first kappa shape index (κ1) is 20.6. The first-order valence-corrected chi connectivity index (χ1v) is 10.3. The van der Waals surface area contributed by atoms with Crippen molar-refractivity contribution in [2.45, 2.75) is 38.1 Å². The average molecular weight is 420 g/mol. The third-order valence-corrected chi connectivity index (χ3v) is 5.69. The van der Waals surface area contributed by atoms with E-state index in [9.17, 15) is 19.2 Å². The van der Waals surface area contributed by atoms with Crippen LogP contribution in [0.1, 0.15) is 37.3 Å². The molecule has 1 aliphatic carbocycles. The summed E-state index contributed by atoms with van der Waals surface area (Å²) < 4.78 is 0. The molecule has 1 saturated heterocycles. The van der Waals surface area contributed by atoms with Crippen LogP contribution < -0.4 is 16.0 Å². The lowest BCUT2D eigenvalue weighted by atomic mass is 9.84. The summed E-state index contributed by atoms with van der Waals surface area (Å²) in [7, 11) is 0. The number of rotatable bonds is 4. The van der Waals surface area contributed by atoms with Gasteiger partial charge in [-0.25, -0.2) is 4.79 Å². The fraction of sp³-hybridized carbons (Fsp3) is 0.304. The number of urea groups is 1. The molecule has 8 heteroatoms. The molecular formula is C23H24N4O4. The van der Waals surface area contributed by atoms with Crippen LogP contribution in [0.3, 0.4) is 0 Å². The topological polar surface area (TPSA) is 108 Å². The van der Waals surface area contributed by atoms with Gasteiger partial charge in [0.05, 0.1) is 0 Å². The van der Waals surface area contributed by atoms with Crippen molar-refractivity contribution in [3.8, 4) is 0 Å². The van der Waals surface area contributed by atoms with E-state index in [0.717, 1.165) is 35.3 Å². The smallest absolute Gasteiger partial charge is 0.325 e. The Balaban J connectivity index is 1.49. The standard InChI is InChI=1S/C23H24N4O4/c1-15(28)24-17-9-11-18(12-10-17)25-20(29)14-27-21(30)23(26-22(27)31)13-5-4-7-16-6-2-3-8-19(16)23/h2-3,6,8-12H,4-5,7,13-14H2,1H3,(H,24,28)(H,25,29)(H,26,31). The Kier molecular flexibility index (Phi) is 5.46. The van der Waals surface area contributed by atoms with Crippen molar-refractivity contribution in [1.29, 1.82) is 0 Å². The number of fused-ring (bicyclic) bond motifs is 2.